The summed E-state index contributed by atoms with van der Waals surface area (Å²) < 4.78 is 5.35. The molecular weight excluding hydrogens is 255 g/mol. The van der Waals surface area contributed by atoms with Crippen molar-refractivity contribution < 1.29 is 4.74 Å². The van der Waals surface area contributed by atoms with Gasteiger partial charge in [0.1, 0.15) is 5.75 Å². The number of hydrogen-bond donors (Lipinski definition) is 0. The van der Waals surface area contributed by atoms with Gasteiger partial charge in [0.15, 0.2) is 0 Å². The molecule has 0 N–H and O–H groups in total. The van der Waals surface area contributed by atoms with E-state index in [1.54, 1.807) is 7.11 Å². The number of benzene rings is 1. The summed E-state index contributed by atoms with van der Waals surface area (Å²) in [5, 5.41) is 0.934. The minimum absolute atomic E-state index is 0.184. The van der Waals surface area contributed by atoms with E-state index in [1.807, 2.05) is 18.2 Å². The molecule has 0 amide bonds. The smallest absolute Gasteiger partial charge is 0.122 e. The molecule has 0 saturated carbocycles. The summed E-state index contributed by atoms with van der Waals surface area (Å²) in [6.07, 6.45) is 6.43. The van der Waals surface area contributed by atoms with Crippen LogP contribution in [0.15, 0.2) is 29.8 Å². The Hall–Kier alpha value is -0.660. The van der Waals surface area contributed by atoms with Crippen LogP contribution in [0.3, 0.4) is 0 Å². The van der Waals surface area contributed by atoms with E-state index in [9.17, 15) is 0 Å². The summed E-state index contributed by atoms with van der Waals surface area (Å²) in [5.41, 5.74) is 2.52. The van der Waals surface area contributed by atoms with Crippen LogP contribution < -0.4 is 4.74 Å². The molecule has 1 unspecified atom stereocenters. The van der Waals surface area contributed by atoms with Crippen molar-refractivity contribution in [2.45, 2.75) is 31.1 Å². The first-order chi connectivity index (χ1) is 8.19. The molecule has 0 bridgehead atoms. The highest BCUT2D eigenvalue weighted by atomic mass is 35.5. The molecule has 1 aromatic rings. The van der Waals surface area contributed by atoms with Crippen molar-refractivity contribution in [3.63, 3.8) is 0 Å². The third-order valence-electron chi connectivity index (χ3n) is 3.05. The summed E-state index contributed by atoms with van der Waals surface area (Å²) in [4.78, 5) is 0. The second-order valence-corrected chi connectivity index (χ2v) is 5.36. The van der Waals surface area contributed by atoms with Crippen molar-refractivity contribution in [3.8, 4) is 5.75 Å². The average molecular weight is 271 g/mol. The summed E-state index contributed by atoms with van der Waals surface area (Å²) in [6, 6.07) is 5.74. The quantitative estimate of drug-likeness (QED) is 0.576. The zero-order valence-electron chi connectivity index (χ0n) is 9.88. The highest BCUT2D eigenvalue weighted by Crippen LogP contribution is 2.29. The normalized spacial score (nSPS) is 19.9. The number of methoxy groups -OCH3 is 1. The fourth-order valence-corrected chi connectivity index (χ4v) is 2.75. The molecule has 1 atom stereocenters. The number of alkyl halides is 1. The van der Waals surface area contributed by atoms with Crippen molar-refractivity contribution in [1.82, 2.24) is 0 Å². The second kappa shape index (κ2) is 5.79. The van der Waals surface area contributed by atoms with E-state index in [2.05, 4.69) is 6.08 Å². The third kappa shape index (κ3) is 3.40. The van der Waals surface area contributed by atoms with Gasteiger partial charge in [0.05, 0.1) is 12.5 Å². The number of halogens is 2. The van der Waals surface area contributed by atoms with Gasteiger partial charge in [-0.1, -0.05) is 23.3 Å². The van der Waals surface area contributed by atoms with E-state index in [0.717, 1.165) is 35.6 Å². The van der Waals surface area contributed by atoms with Crippen molar-refractivity contribution in [1.29, 1.82) is 0 Å². The first kappa shape index (κ1) is 12.8. The van der Waals surface area contributed by atoms with E-state index < -0.39 is 0 Å². The number of rotatable bonds is 3. The van der Waals surface area contributed by atoms with Gasteiger partial charge in [0, 0.05) is 5.02 Å². The molecule has 0 fully saturated rings. The third-order valence-corrected chi connectivity index (χ3v) is 3.63. The summed E-state index contributed by atoms with van der Waals surface area (Å²) >= 11 is 12.2. The largest absolute Gasteiger partial charge is 0.496 e. The predicted molar refractivity (Wildman–Crippen MR) is 73.3 cm³/mol. The monoisotopic (exact) mass is 270 g/mol. The van der Waals surface area contributed by atoms with Crippen LogP contribution in [0.4, 0.5) is 0 Å². The SMILES string of the molecule is COc1ccc(Cl)cc1CC1=CC(Cl)CCC1. The molecule has 1 nitrogen and oxygen atoms in total. The molecule has 1 aromatic carbocycles. The summed E-state index contributed by atoms with van der Waals surface area (Å²) in [5.74, 6) is 0.895. The van der Waals surface area contributed by atoms with Gasteiger partial charge in [-0.15, -0.1) is 11.6 Å². The standard InChI is InChI=1S/C14H16Cl2O/c1-17-14-6-5-13(16)9-11(14)7-10-3-2-4-12(15)8-10/h5-6,8-9,12H,2-4,7H2,1H3. The van der Waals surface area contributed by atoms with Gasteiger partial charge in [-0.3, -0.25) is 0 Å². The molecule has 0 saturated heterocycles. The minimum atomic E-state index is 0.184. The average Bonchev–Trinajstić information content (AvgIpc) is 2.29. The van der Waals surface area contributed by atoms with Gasteiger partial charge in [-0.2, -0.15) is 0 Å². The Labute approximate surface area is 112 Å². The van der Waals surface area contributed by atoms with Gasteiger partial charge in [-0.05, 0) is 49.4 Å². The number of ether oxygens (including phenoxy) is 1. The molecule has 0 spiro atoms. The molecule has 92 valence electrons. The Balaban J connectivity index is 2.20. The van der Waals surface area contributed by atoms with E-state index >= 15 is 0 Å². The lowest BCUT2D eigenvalue weighted by molar-refractivity contribution is 0.410. The predicted octanol–water partition coefficient (Wildman–Crippen LogP) is 4.61. The molecule has 2 rings (SSSR count). The van der Waals surface area contributed by atoms with Crippen LogP contribution in [0.5, 0.6) is 5.75 Å². The summed E-state index contributed by atoms with van der Waals surface area (Å²) in [7, 11) is 1.69. The van der Waals surface area contributed by atoms with Gasteiger partial charge in [-0.25, -0.2) is 0 Å². The molecule has 0 aliphatic heterocycles. The molecule has 0 heterocycles. The number of allylic oxidation sites excluding steroid dienone is 2. The number of hydrogen-bond acceptors (Lipinski definition) is 1. The van der Waals surface area contributed by atoms with Gasteiger partial charge in [0.25, 0.3) is 0 Å². The van der Waals surface area contributed by atoms with Crippen LogP contribution in [0.1, 0.15) is 24.8 Å². The van der Waals surface area contributed by atoms with Crippen LogP contribution in [0.2, 0.25) is 5.02 Å². The lowest BCUT2D eigenvalue weighted by Crippen LogP contribution is -2.05. The Bertz CT molecular complexity index is 426. The van der Waals surface area contributed by atoms with Crippen LogP contribution in [-0.2, 0) is 6.42 Å². The minimum Gasteiger partial charge on any atom is -0.496 e. The first-order valence-electron chi connectivity index (χ1n) is 5.85. The van der Waals surface area contributed by atoms with E-state index in [1.165, 1.54) is 12.0 Å². The Morgan fingerprint density at radius 3 is 2.94 bits per heavy atom. The summed E-state index contributed by atoms with van der Waals surface area (Å²) in [6.45, 7) is 0. The van der Waals surface area contributed by atoms with Crippen LogP contribution in [-0.4, -0.2) is 12.5 Å². The van der Waals surface area contributed by atoms with Crippen molar-refractivity contribution in [3.05, 3.63) is 40.4 Å². The zero-order valence-corrected chi connectivity index (χ0v) is 11.4. The highest BCUT2D eigenvalue weighted by Gasteiger charge is 2.13. The van der Waals surface area contributed by atoms with Crippen LogP contribution >= 0.6 is 23.2 Å². The fraction of sp³-hybridized carbons (Fsp3) is 0.429. The lowest BCUT2D eigenvalue weighted by atomic mass is 9.93. The molecule has 17 heavy (non-hydrogen) atoms. The Morgan fingerprint density at radius 2 is 2.24 bits per heavy atom. The molecular formula is C14H16Cl2O. The van der Waals surface area contributed by atoms with Gasteiger partial charge in [0.2, 0.25) is 0 Å². The highest BCUT2D eigenvalue weighted by molar-refractivity contribution is 6.30. The topological polar surface area (TPSA) is 9.23 Å². The maximum Gasteiger partial charge on any atom is 0.122 e. The van der Waals surface area contributed by atoms with Crippen molar-refractivity contribution in [2.75, 3.05) is 7.11 Å². The Kier molecular flexibility index (Phi) is 4.36. The molecule has 1 aliphatic rings. The van der Waals surface area contributed by atoms with Crippen LogP contribution in [0.25, 0.3) is 0 Å². The van der Waals surface area contributed by atoms with Crippen molar-refractivity contribution in [2.24, 2.45) is 0 Å². The van der Waals surface area contributed by atoms with E-state index in [4.69, 9.17) is 27.9 Å². The zero-order chi connectivity index (χ0) is 12.3. The maximum atomic E-state index is 6.15. The van der Waals surface area contributed by atoms with Gasteiger partial charge < -0.3 is 4.74 Å². The molecule has 1 aliphatic carbocycles. The maximum absolute atomic E-state index is 6.15. The van der Waals surface area contributed by atoms with E-state index in [0.29, 0.717) is 0 Å². The lowest BCUT2D eigenvalue weighted by Gasteiger charge is -2.17. The Morgan fingerprint density at radius 1 is 1.41 bits per heavy atom. The molecule has 0 aromatic heterocycles. The van der Waals surface area contributed by atoms with Crippen molar-refractivity contribution >= 4 is 23.2 Å². The second-order valence-electron chi connectivity index (χ2n) is 4.37. The first-order valence-corrected chi connectivity index (χ1v) is 6.66. The molecule has 0 radical (unpaired) electrons. The van der Waals surface area contributed by atoms with Gasteiger partial charge >= 0.3 is 0 Å². The fourth-order valence-electron chi connectivity index (χ4n) is 2.22. The molecule has 3 heteroatoms. The van der Waals surface area contributed by atoms with Crippen LogP contribution in [0, 0.1) is 0 Å². The van der Waals surface area contributed by atoms with E-state index in [-0.39, 0.29) is 5.38 Å².